The molecule has 0 aliphatic rings. The Balaban J connectivity index is 2.32. The Morgan fingerprint density at radius 2 is 1.85 bits per heavy atom. The Morgan fingerprint density at radius 1 is 1.05 bits per heavy atom. The summed E-state index contributed by atoms with van der Waals surface area (Å²) in [5.74, 6) is 0.213. The van der Waals surface area contributed by atoms with Crippen LogP contribution in [0.3, 0.4) is 0 Å². The molecule has 0 aliphatic heterocycles. The minimum absolute atomic E-state index is 0.213. The van der Waals surface area contributed by atoms with Crippen molar-refractivity contribution in [1.29, 1.82) is 0 Å². The fourth-order valence-corrected chi connectivity index (χ4v) is 3.26. The Morgan fingerprint density at radius 3 is 2.55 bits per heavy atom. The number of aromatic nitrogens is 1. The fourth-order valence-electron chi connectivity index (χ4n) is 2.23. The van der Waals surface area contributed by atoms with Crippen LogP contribution in [-0.4, -0.2) is 10.1 Å². The van der Waals surface area contributed by atoms with Crippen LogP contribution in [0.1, 0.15) is 11.1 Å². The fraction of sp³-hybridized carbons (Fsp3) is 0. The number of hydrogen-bond donors (Lipinski definition) is 1. The SMILES string of the molecule is C=Cc1ccc(O)c(-c2nc3ccccc3s2)c1C=C. The van der Waals surface area contributed by atoms with E-state index in [0.717, 1.165) is 31.9 Å². The van der Waals surface area contributed by atoms with Gasteiger partial charge in [-0.25, -0.2) is 4.98 Å². The number of phenols is 1. The number of thiazole rings is 1. The van der Waals surface area contributed by atoms with Crippen LogP contribution in [0.4, 0.5) is 0 Å². The monoisotopic (exact) mass is 279 g/mol. The van der Waals surface area contributed by atoms with Crippen LogP contribution in [0, 0.1) is 0 Å². The van der Waals surface area contributed by atoms with Gasteiger partial charge in [-0.05, 0) is 29.3 Å². The van der Waals surface area contributed by atoms with E-state index in [-0.39, 0.29) is 5.75 Å². The van der Waals surface area contributed by atoms with Crippen molar-refractivity contribution < 1.29 is 5.11 Å². The minimum atomic E-state index is 0.213. The van der Waals surface area contributed by atoms with Crippen molar-refractivity contribution in [3.8, 4) is 16.3 Å². The summed E-state index contributed by atoms with van der Waals surface area (Å²) in [7, 11) is 0. The van der Waals surface area contributed by atoms with E-state index < -0.39 is 0 Å². The van der Waals surface area contributed by atoms with Crippen LogP contribution in [0.25, 0.3) is 32.9 Å². The highest BCUT2D eigenvalue weighted by Gasteiger charge is 2.15. The highest BCUT2D eigenvalue weighted by atomic mass is 32.1. The highest BCUT2D eigenvalue weighted by molar-refractivity contribution is 7.21. The number of para-hydroxylation sites is 1. The second-order valence-corrected chi connectivity index (χ2v) is 5.39. The summed E-state index contributed by atoms with van der Waals surface area (Å²) < 4.78 is 1.10. The van der Waals surface area contributed by atoms with E-state index in [1.165, 1.54) is 0 Å². The van der Waals surface area contributed by atoms with Gasteiger partial charge in [0.05, 0.1) is 15.8 Å². The minimum Gasteiger partial charge on any atom is -0.507 e. The standard InChI is InChI=1S/C17H13NOS/c1-3-11-9-10-14(19)16(12(11)4-2)17-18-13-7-5-6-8-15(13)20-17/h3-10,19H,1-2H2. The molecule has 2 nitrogen and oxygen atoms in total. The van der Waals surface area contributed by atoms with E-state index in [0.29, 0.717) is 0 Å². The number of benzene rings is 2. The molecule has 2 aromatic carbocycles. The van der Waals surface area contributed by atoms with Crippen molar-refractivity contribution >= 4 is 33.7 Å². The molecule has 98 valence electrons. The van der Waals surface area contributed by atoms with Crippen molar-refractivity contribution in [1.82, 2.24) is 4.98 Å². The Labute approximate surface area is 121 Å². The van der Waals surface area contributed by atoms with Crippen LogP contribution < -0.4 is 0 Å². The average Bonchev–Trinajstić information content (AvgIpc) is 2.90. The molecule has 0 saturated heterocycles. The van der Waals surface area contributed by atoms with Crippen molar-refractivity contribution in [2.75, 3.05) is 0 Å². The number of aromatic hydroxyl groups is 1. The first-order valence-electron chi connectivity index (χ1n) is 6.21. The van der Waals surface area contributed by atoms with E-state index in [1.54, 1.807) is 29.6 Å². The largest absolute Gasteiger partial charge is 0.507 e. The molecule has 1 heterocycles. The van der Waals surface area contributed by atoms with Gasteiger partial charge in [0.1, 0.15) is 10.8 Å². The molecule has 3 heteroatoms. The van der Waals surface area contributed by atoms with E-state index in [2.05, 4.69) is 18.1 Å². The van der Waals surface area contributed by atoms with Gasteiger partial charge in [-0.3, -0.25) is 0 Å². The van der Waals surface area contributed by atoms with Crippen LogP contribution in [0.15, 0.2) is 49.6 Å². The second-order valence-electron chi connectivity index (χ2n) is 4.36. The van der Waals surface area contributed by atoms with E-state index in [4.69, 9.17) is 0 Å². The molecule has 0 bridgehead atoms. The first kappa shape index (κ1) is 12.6. The molecule has 0 saturated carbocycles. The first-order chi connectivity index (χ1) is 9.74. The third kappa shape index (κ3) is 1.92. The molecular weight excluding hydrogens is 266 g/mol. The number of rotatable bonds is 3. The third-order valence-electron chi connectivity index (χ3n) is 3.19. The topological polar surface area (TPSA) is 33.1 Å². The van der Waals surface area contributed by atoms with Gasteiger partial charge < -0.3 is 5.11 Å². The number of nitrogens with zero attached hydrogens (tertiary/aromatic N) is 1. The maximum Gasteiger partial charge on any atom is 0.128 e. The lowest BCUT2D eigenvalue weighted by Gasteiger charge is -2.09. The molecule has 0 amide bonds. The quantitative estimate of drug-likeness (QED) is 0.735. The van der Waals surface area contributed by atoms with Crippen molar-refractivity contribution in [2.24, 2.45) is 0 Å². The summed E-state index contributed by atoms with van der Waals surface area (Å²) in [6, 6.07) is 11.4. The number of fused-ring (bicyclic) bond motifs is 1. The van der Waals surface area contributed by atoms with Gasteiger partial charge in [-0.1, -0.05) is 43.5 Å². The molecule has 0 unspecified atom stereocenters. The summed E-state index contributed by atoms with van der Waals surface area (Å²) in [5, 5.41) is 11.0. The smallest absolute Gasteiger partial charge is 0.128 e. The molecule has 3 aromatic rings. The Bertz CT molecular complexity index is 784. The lowest BCUT2D eigenvalue weighted by Crippen LogP contribution is -1.88. The Hall–Kier alpha value is -2.39. The van der Waals surface area contributed by atoms with Gasteiger partial charge >= 0.3 is 0 Å². The molecule has 0 atom stereocenters. The van der Waals surface area contributed by atoms with Gasteiger partial charge in [0, 0.05) is 0 Å². The Kier molecular flexibility index (Phi) is 3.12. The first-order valence-corrected chi connectivity index (χ1v) is 7.03. The van der Waals surface area contributed by atoms with Gasteiger partial charge in [0.15, 0.2) is 0 Å². The summed E-state index contributed by atoms with van der Waals surface area (Å²) in [6.45, 7) is 7.64. The van der Waals surface area contributed by atoms with Gasteiger partial charge in [0.25, 0.3) is 0 Å². The molecule has 0 spiro atoms. The molecule has 0 radical (unpaired) electrons. The normalized spacial score (nSPS) is 10.6. The van der Waals surface area contributed by atoms with Gasteiger partial charge in [-0.2, -0.15) is 0 Å². The second kappa shape index (κ2) is 4.94. The van der Waals surface area contributed by atoms with Crippen LogP contribution >= 0.6 is 11.3 Å². The molecule has 0 aliphatic carbocycles. The van der Waals surface area contributed by atoms with Crippen LogP contribution in [-0.2, 0) is 0 Å². The molecular formula is C17H13NOS. The van der Waals surface area contributed by atoms with Crippen molar-refractivity contribution in [3.63, 3.8) is 0 Å². The van der Waals surface area contributed by atoms with Crippen molar-refractivity contribution in [2.45, 2.75) is 0 Å². The van der Waals surface area contributed by atoms with E-state index in [9.17, 15) is 5.11 Å². The van der Waals surface area contributed by atoms with E-state index >= 15 is 0 Å². The molecule has 3 rings (SSSR count). The molecule has 20 heavy (non-hydrogen) atoms. The summed E-state index contributed by atoms with van der Waals surface area (Å²) in [4.78, 5) is 4.60. The zero-order valence-electron chi connectivity index (χ0n) is 10.8. The lowest BCUT2D eigenvalue weighted by molar-refractivity contribution is 0.477. The molecule has 1 N–H and O–H groups in total. The maximum atomic E-state index is 10.2. The number of phenolic OH excluding ortho intramolecular Hbond substituents is 1. The zero-order valence-corrected chi connectivity index (χ0v) is 11.7. The molecule has 1 aromatic heterocycles. The van der Waals surface area contributed by atoms with Crippen molar-refractivity contribution in [3.05, 3.63) is 60.7 Å². The van der Waals surface area contributed by atoms with Crippen LogP contribution in [0.2, 0.25) is 0 Å². The average molecular weight is 279 g/mol. The summed E-state index contributed by atoms with van der Waals surface area (Å²) >= 11 is 1.56. The third-order valence-corrected chi connectivity index (χ3v) is 4.24. The van der Waals surface area contributed by atoms with Gasteiger partial charge in [-0.15, -0.1) is 11.3 Å². The zero-order chi connectivity index (χ0) is 14.1. The van der Waals surface area contributed by atoms with E-state index in [1.807, 2.05) is 30.3 Å². The molecule has 0 fully saturated rings. The maximum absolute atomic E-state index is 10.2. The lowest BCUT2D eigenvalue weighted by atomic mass is 10.00. The summed E-state index contributed by atoms with van der Waals surface area (Å²) in [6.07, 6.45) is 3.49. The van der Waals surface area contributed by atoms with Gasteiger partial charge in [0.2, 0.25) is 0 Å². The summed E-state index contributed by atoms with van der Waals surface area (Å²) in [5.41, 5.74) is 3.45. The predicted molar refractivity (Wildman–Crippen MR) is 86.9 cm³/mol. The highest BCUT2D eigenvalue weighted by Crippen LogP contribution is 2.39. The predicted octanol–water partition coefficient (Wildman–Crippen LogP) is 4.95. The number of hydrogen-bond acceptors (Lipinski definition) is 3. The van der Waals surface area contributed by atoms with Crippen LogP contribution in [0.5, 0.6) is 5.75 Å².